The van der Waals surface area contributed by atoms with E-state index in [4.69, 9.17) is 5.21 Å². The molecule has 0 saturated heterocycles. The van der Waals surface area contributed by atoms with Gasteiger partial charge in [-0.2, -0.15) is 17.9 Å². The van der Waals surface area contributed by atoms with Gasteiger partial charge in [-0.15, -0.1) is 0 Å². The predicted molar refractivity (Wildman–Crippen MR) is 89.1 cm³/mol. The van der Waals surface area contributed by atoms with Crippen LogP contribution in [0.5, 0.6) is 0 Å². The maximum Gasteiger partial charge on any atom is 0.289 e. The van der Waals surface area contributed by atoms with E-state index in [1.165, 1.54) is 0 Å². The van der Waals surface area contributed by atoms with Gasteiger partial charge >= 0.3 is 0 Å². The lowest BCUT2D eigenvalue weighted by molar-refractivity contribution is -0.991. The lowest BCUT2D eigenvalue weighted by Crippen LogP contribution is -2.99. The van der Waals surface area contributed by atoms with Gasteiger partial charge in [0.05, 0.1) is 17.4 Å². The molecule has 1 atom stereocenters. The molecule has 0 saturated carbocycles. The van der Waals surface area contributed by atoms with Crippen LogP contribution in [0.15, 0.2) is 41.6 Å². The van der Waals surface area contributed by atoms with Crippen LogP contribution < -0.4 is 9.53 Å². The van der Waals surface area contributed by atoms with Crippen molar-refractivity contribution in [3.8, 4) is 0 Å². The van der Waals surface area contributed by atoms with Crippen LogP contribution in [0.2, 0.25) is 0 Å². The van der Waals surface area contributed by atoms with Crippen LogP contribution in [-0.4, -0.2) is 24.5 Å². The molecule has 1 amide bonds. The first kappa shape index (κ1) is 17.5. The fourth-order valence-electron chi connectivity index (χ4n) is 2.67. The number of carbonyl (C=O) groups is 1. The number of fused-ring (bicyclic) bond motifs is 1. The second kappa shape index (κ2) is 6.52. The minimum Gasteiger partial charge on any atom is -0.595 e. The van der Waals surface area contributed by atoms with E-state index < -0.39 is 26.2 Å². The van der Waals surface area contributed by atoms with E-state index in [2.05, 4.69) is 11.9 Å². The molecule has 132 valence electrons. The number of quaternary nitrogens is 1. The summed E-state index contributed by atoms with van der Waals surface area (Å²) in [6.45, 7) is 2.08. The van der Waals surface area contributed by atoms with Crippen LogP contribution >= 0.6 is 0 Å². The smallest absolute Gasteiger partial charge is 0.289 e. The van der Waals surface area contributed by atoms with Crippen molar-refractivity contribution >= 4 is 27.3 Å². The summed E-state index contributed by atoms with van der Waals surface area (Å²) in [5.41, 5.74) is 0.799. The van der Waals surface area contributed by atoms with Crippen molar-refractivity contribution in [1.82, 2.24) is 4.98 Å². The quantitative estimate of drug-likeness (QED) is 0.771. The maximum absolute atomic E-state index is 12.6. The zero-order valence-corrected chi connectivity index (χ0v) is 14.3. The summed E-state index contributed by atoms with van der Waals surface area (Å²) in [5.74, 6) is -0.799. The number of rotatable bonds is 5. The number of carbonyl (C=O) groups excluding carboxylic acids is 1. The van der Waals surface area contributed by atoms with Crippen molar-refractivity contribution in [3.05, 3.63) is 52.9 Å². The Balaban J connectivity index is 1.99. The average molecular weight is 363 g/mol. The van der Waals surface area contributed by atoms with Gasteiger partial charge in [0, 0.05) is 6.07 Å². The van der Waals surface area contributed by atoms with Gasteiger partial charge in [-0.05, 0) is 30.5 Å². The monoisotopic (exact) mass is 363 g/mol. The van der Waals surface area contributed by atoms with Crippen molar-refractivity contribution < 1.29 is 23.6 Å². The number of nitrogens with zero attached hydrogens (tertiary/aromatic N) is 2. The Morgan fingerprint density at radius 2 is 1.96 bits per heavy atom. The Hall–Kier alpha value is -2.33. The van der Waals surface area contributed by atoms with Gasteiger partial charge in [-0.3, -0.25) is 4.79 Å². The highest BCUT2D eigenvalue weighted by Crippen LogP contribution is 2.34. The van der Waals surface area contributed by atoms with E-state index in [-0.39, 0.29) is 16.9 Å². The average Bonchev–Trinajstić information content (AvgIpc) is 2.79. The number of aryl methyl sites for hydroxylation is 1. The molecule has 2 N–H and O–H groups in total. The maximum atomic E-state index is 12.6. The molecule has 8 nitrogen and oxygen atoms in total. The van der Waals surface area contributed by atoms with E-state index in [0.29, 0.717) is 4.31 Å². The minimum atomic E-state index is -4.14. The molecule has 1 aliphatic rings. The summed E-state index contributed by atoms with van der Waals surface area (Å²) in [6.07, 6.45) is 3.88. The molecule has 0 radical (unpaired) electrons. The first-order valence-electron chi connectivity index (χ1n) is 7.78. The fourth-order valence-corrected chi connectivity index (χ4v) is 4.17. The summed E-state index contributed by atoms with van der Waals surface area (Å²) in [7, 11) is -4.14. The number of amides is 1. The van der Waals surface area contributed by atoms with Crippen molar-refractivity contribution in [2.75, 3.05) is 4.31 Å². The molecule has 0 spiro atoms. The third kappa shape index (κ3) is 3.02. The van der Waals surface area contributed by atoms with Crippen LogP contribution in [0.3, 0.4) is 0 Å². The fraction of sp³-hybridized carbons (Fsp3) is 0.250. The molecule has 1 unspecified atom stereocenters. The number of pyridine rings is 1. The summed E-state index contributed by atoms with van der Waals surface area (Å²) in [4.78, 5) is 16.2. The molecule has 25 heavy (non-hydrogen) atoms. The van der Waals surface area contributed by atoms with Crippen LogP contribution in [-0.2, 0) is 16.4 Å². The normalized spacial score (nSPS) is 16.8. The zero-order valence-electron chi connectivity index (χ0n) is 13.5. The largest absolute Gasteiger partial charge is 0.595 e. The highest BCUT2D eigenvalue weighted by molar-refractivity contribution is 7.94. The first-order valence-corrected chi connectivity index (χ1v) is 9.22. The standard InChI is InChI=1S/C16H17N3O5S/c1-2-3-4-11-5-7-12(8-6-11)18-16(20)14-9-13(19(21)22)10-17-15(14)25(18,23)24/h5-10,19,21H,2-4H2,1H3. The second-order valence-electron chi connectivity index (χ2n) is 5.73. The van der Waals surface area contributed by atoms with Crippen molar-refractivity contribution in [1.29, 1.82) is 0 Å². The molecule has 9 heteroatoms. The first-order chi connectivity index (χ1) is 11.9. The number of aromatic nitrogens is 1. The van der Waals surface area contributed by atoms with Gasteiger partial charge in [0.25, 0.3) is 15.9 Å². The molecule has 1 aromatic heterocycles. The lowest BCUT2D eigenvalue weighted by atomic mass is 10.1. The molecule has 1 aromatic carbocycles. The van der Waals surface area contributed by atoms with Gasteiger partial charge in [0.2, 0.25) is 0 Å². The summed E-state index contributed by atoms with van der Waals surface area (Å²) < 4.78 is 25.9. The van der Waals surface area contributed by atoms with Gasteiger partial charge in [-0.25, -0.2) is 10.2 Å². The topological polar surface area (TPSA) is 115 Å². The van der Waals surface area contributed by atoms with E-state index in [9.17, 15) is 18.4 Å². The molecule has 2 aromatic rings. The van der Waals surface area contributed by atoms with Gasteiger partial charge in [-0.1, -0.05) is 25.5 Å². The molecular formula is C16H17N3O5S. The van der Waals surface area contributed by atoms with Crippen molar-refractivity contribution in [3.63, 3.8) is 0 Å². The summed E-state index contributed by atoms with van der Waals surface area (Å²) >= 11 is 0. The van der Waals surface area contributed by atoms with Crippen molar-refractivity contribution in [2.45, 2.75) is 31.2 Å². The molecule has 0 fully saturated rings. The predicted octanol–water partition coefficient (Wildman–Crippen LogP) is 1.18. The number of hydrogen-bond donors (Lipinski definition) is 2. The Bertz CT molecular complexity index is 910. The molecular weight excluding hydrogens is 346 g/mol. The summed E-state index contributed by atoms with van der Waals surface area (Å²) in [6, 6.07) is 7.76. The number of benzene rings is 1. The third-order valence-corrected chi connectivity index (χ3v) is 5.66. The Kier molecular flexibility index (Phi) is 4.56. The van der Waals surface area contributed by atoms with Gasteiger partial charge in [0.15, 0.2) is 10.7 Å². The minimum absolute atomic E-state index is 0.208. The van der Waals surface area contributed by atoms with E-state index >= 15 is 0 Å². The van der Waals surface area contributed by atoms with E-state index in [0.717, 1.165) is 37.1 Å². The highest BCUT2D eigenvalue weighted by atomic mass is 32.2. The van der Waals surface area contributed by atoms with Crippen LogP contribution in [0.4, 0.5) is 11.4 Å². The Morgan fingerprint density at radius 3 is 2.56 bits per heavy atom. The molecule has 1 aliphatic heterocycles. The Morgan fingerprint density at radius 1 is 1.28 bits per heavy atom. The third-order valence-electron chi connectivity index (χ3n) is 3.99. The number of hydrogen-bond acceptors (Lipinski definition) is 6. The number of unbranched alkanes of at least 4 members (excludes halogenated alkanes) is 1. The number of sulfonamides is 1. The molecule has 0 aliphatic carbocycles. The van der Waals surface area contributed by atoms with Crippen LogP contribution in [0, 0.1) is 5.21 Å². The molecule has 2 heterocycles. The number of anilines is 1. The van der Waals surface area contributed by atoms with Crippen LogP contribution in [0.25, 0.3) is 0 Å². The van der Waals surface area contributed by atoms with E-state index in [1.54, 1.807) is 24.3 Å². The second-order valence-corrected chi connectivity index (χ2v) is 7.43. The van der Waals surface area contributed by atoms with E-state index in [1.807, 2.05) is 0 Å². The summed E-state index contributed by atoms with van der Waals surface area (Å²) in [5, 5.41) is 18.3. The van der Waals surface area contributed by atoms with Crippen LogP contribution in [0.1, 0.15) is 35.7 Å². The number of nitrogens with one attached hydrogen (secondary N) is 1. The SMILES string of the molecule is CCCCc1ccc(N2C(=O)c3cc([NH+]([O-])O)cnc3S2(=O)=O)cc1. The molecule has 0 bridgehead atoms. The molecule has 3 rings (SSSR count). The van der Waals surface area contributed by atoms with Gasteiger partial charge in [0.1, 0.15) is 0 Å². The zero-order chi connectivity index (χ0) is 18.2. The lowest BCUT2D eigenvalue weighted by Gasteiger charge is -2.15. The Labute approximate surface area is 144 Å². The van der Waals surface area contributed by atoms with Gasteiger partial charge < -0.3 is 5.21 Å². The highest BCUT2D eigenvalue weighted by Gasteiger charge is 2.44. The van der Waals surface area contributed by atoms with Crippen molar-refractivity contribution in [2.24, 2.45) is 0 Å².